The molecule has 2 aromatic rings. The molecule has 3 aliphatic rings. The molecular weight excluding hydrogens is 481 g/mol. The van der Waals surface area contributed by atoms with Crippen LogP contribution in [0.3, 0.4) is 0 Å². The van der Waals surface area contributed by atoms with Gasteiger partial charge in [-0.05, 0) is 31.0 Å². The molecule has 180 valence electrons. The van der Waals surface area contributed by atoms with Gasteiger partial charge in [0.05, 0.1) is 34.6 Å². The second kappa shape index (κ2) is 9.45. The lowest BCUT2D eigenvalue weighted by Crippen LogP contribution is -2.61. The minimum Gasteiger partial charge on any atom is -0.367 e. The number of ketones is 2. The van der Waals surface area contributed by atoms with Crippen LogP contribution >= 0.6 is 22.9 Å². The Labute approximate surface area is 205 Å². The van der Waals surface area contributed by atoms with Crippen molar-refractivity contribution in [3.05, 3.63) is 41.3 Å². The molecule has 1 aliphatic carbocycles. The van der Waals surface area contributed by atoms with E-state index in [0.717, 1.165) is 25.5 Å². The maximum absolute atomic E-state index is 13.6. The number of hydrogen-bond acceptors (Lipinski definition) is 7. The highest BCUT2D eigenvalue weighted by Gasteiger charge is 2.58. The number of Topliss-reactive ketones (excluding diaryl/α,β-unsaturated/α-hetero) is 2. The van der Waals surface area contributed by atoms with E-state index in [1.807, 2.05) is 4.90 Å². The maximum Gasteiger partial charge on any atom is 0.261 e. The molecule has 0 bridgehead atoms. The van der Waals surface area contributed by atoms with Gasteiger partial charge in [0, 0.05) is 23.2 Å². The molecule has 0 radical (unpaired) electrons. The number of fused-ring (bicyclic) bond motifs is 1. The Kier molecular flexibility index (Phi) is 6.54. The van der Waals surface area contributed by atoms with Crippen LogP contribution in [0.15, 0.2) is 30.6 Å². The predicted molar refractivity (Wildman–Crippen MR) is 126 cm³/mol. The normalized spacial score (nSPS) is 26.4. The van der Waals surface area contributed by atoms with Crippen molar-refractivity contribution in [2.24, 2.45) is 0 Å². The van der Waals surface area contributed by atoms with Gasteiger partial charge in [0.15, 0.2) is 11.6 Å². The Morgan fingerprint density at radius 3 is 2.82 bits per heavy atom. The summed E-state index contributed by atoms with van der Waals surface area (Å²) in [6.45, 7) is 0.305. The summed E-state index contributed by atoms with van der Waals surface area (Å²) in [5.41, 5.74) is -0.237. The van der Waals surface area contributed by atoms with Crippen molar-refractivity contribution in [1.29, 1.82) is 0 Å². The van der Waals surface area contributed by atoms with E-state index in [1.54, 1.807) is 12.1 Å². The molecule has 5 rings (SSSR count). The first-order valence-corrected chi connectivity index (χ1v) is 12.7. The molecule has 2 aliphatic heterocycles. The highest BCUT2D eigenvalue weighted by molar-refractivity contribution is 7.17. The van der Waals surface area contributed by atoms with Crippen LogP contribution in [0.4, 0.5) is 4.39 Å². The SMILES string of the molecule is O=C(NCC(=O)C1(N2C[C@H](Cl)[C@H]3OCC(=O)[C@H]32)CCCCC1)c1ccc(-c2cncc(F)c2)s1. The number of thiophene rings is 1. The topological polar surface area (TPSA) is 88.6 Å². The first kappa shape index (κ1) is 23.5. The molecule has 0 unspecified atom stereocenters. The van der Waals surface area contributed by atoms with Crippen molar-refractivity contribution < 1.29 is 23.5 Å². The van der Waals surface area contributed by atoms with E-state index < -0.39 is 23.5 Å². The van der Waals surface area contributed by atoms with E-state index in [9.17, 15) is 18.8 Å². The van der Waals surface area contributed by atoms with Crippen molar-refractivity contribution in [3.63, 3.8) is 0 Å². The molecule has 0 aromatic carbocycles. The molecule has 1 N–H and O–H groups in total. The molecular formula is C24H25ClFN3O4S. The highest BCUT2D eigenvalue weighted by Crippen LogP contribution is 2.42. The van der Waals surface area contributed by atoms with E-state index in [-0.39, 0.29) is 36.0 Å². The van der Waals surface area contributed by atoms with Gasteiger partial charge in [-0.15, -0.1) is 22.9 Å². The number of rotatable bonds is 6. The van der Waals surface area contributed by atoms with Crippen molar-refractivity contribution in [1.82, 2.24) is 15.2 Å². The fraction of sp³-hybridized carbons (Fsp3) is 0.500. The van der Waals surface area contributed by atoms with Crippen LogP contribution in [-0.4, -0.2) is 70.1 Å². The zero-order chi connectivity index (χ0) is 23.9. The zero-order valence-corrected chi connectivity index (χ0v) is 20.0. The molecule has 2 saturated heterocycles. The molecule has 3 atom stereocenters. The van der Waals surface area contributed by atoms with E-state index in [1.165, 1.54) is 23.6 Å². The number of halogens is 2. The van der Waals surface area contributed by atoms with E-state index in [0.29, 0.717) is 34.7 Å². The Bertz CT molecular complexity index is 1120. The molecule has 0 spiro atoms. The Morgan fingerprint density at radius 1 is 1.26 bits per heavy atom. The molecule has 3 fully saturated rings. The average Bonchev–Trinajstić information content (AvgIpc) is 3.56. The van der Waals surface area contributed by atoms with Gasteiger partial charge in [-0.1, -0.05) is 19.3 Å². The number of carbonyl (C=O) groups is 3. The molecule has 4 heterocycles. The van der Waals surface area contributed by atoms with Crippen LogP contribution < -0.4 is 5.32 Å². The number of hydrogen-bond donors (Lipinski definition) is 1. The number of pyridine rings is 1. The smallest absolute Gasteiger partial charge is 0.261 e. The van der Waals surface area contributed by atoms with Crippen LogP contribution in [0.5, 0.6) is 0 Å². The molecule has 1 amide bonds. The van der Waals surface area contributed by atoms with Crippen molar-refractivity contribution >= 4 is 40.4 Å². The van der Waals surface area contributed by atoms with Crippen molar-refractivity contribution in [3.8, 4) is 10.4 Å². The van der Waals surface area contributed by atoms with Gasteiger partial charge < -0.3 is 10.1 Å². The highest BCUT2D eigenvalue weighted by atomic mass is 35.5. The number of carbonyl (C=O) groups excluding carboxylic acids is 3. The minimum absolute atomic E-state index is 0.0254. The first-order valence-electron chi connectivity index (χ1n) is 11.5. The van der Waals surface area contributed by atoms with E-state index in [4.69, 9.17) is 16.3 Å². The van der Waals surface area contributed by atoms with Crippen LogP contribution in [0.1, 0.15) is 41.8 Å². The first-order chi connectivity index (χ1) is 16.4. The summed E-state index contributed by atoms with van der Waals surface area (Å²) in [6.07, 6.45) is 6.33. The van der Waals surface area contributed by atoms with Crippen LogP contribution in [0.2, 0.25) is 0 Å². The van der Waals surface area contributed by atoms with Crippen LogP contribution in [0, 0.1) is 5.82 Å². The van der Waals surface area contributed by atoms with Gasteiger partial charge in [-0.2, -0.15) is 0 Å². The van der Waals surface area contributed by atoms with Crippen molar-refractivity contribution in [2.75, 3.05) is 19.7 Å². The van der Waals surface area contributed by atoms with E-state index >= 15 is 0 Å². The number of likely N-dealkylation sites (tertiary alicyclic amines) is 1. The van der Waals surface area contributed by atoms with Gasteiger partial charge in [0.1, 0.15) is 18.5 Å². The van der Waals surface area contributed by atoms with Crippen LogP contribution in [0.25, 0.3) is 10.4 Å². The van der Waals surface area contributed by atoms with Gasteiger partial charge >= 0.3 is 0 Å². The third kappa shape index (κ3) is 4.19. The minimum atomic E-state index is -0.824. The summed E-state index contributed by atoms with van der Waals surface area (Å²) < 4.78 is 19.1. The van der Waals surface area contributed by atoms with Gasteiger partial charge in [0.25, 0.3) is 5.91 Å². The Hall–Kier alpha value is -2.20. The van der Waals surface area contributed by atoms with Crippen molar-refractivity contribution in [2.45, 2.75) is 55.2 Å². The largest absolute Gasteiger partial charge is 0.367 e. The van der Waals surface area contributed by atoms with Gasteiger partial charge in [-0.3, -0.25) is 24.3 Å². The van der Waals surface area contributed by atoms with Gasteiger partial charge in [-0.25, -0.2) is 4.39 Å². The lowest BCUT2D eigenvalue weighted by atomic mass is 9.76. The summed E-state index contributed by atoms with van der Waals surface area (Å²) in [4.78, 5) is 45.9. The third-order valence-electron chi connectivity index (χ3n) is 7.10. The Balaban J connectivity index is 1.30. The quantitative estimate of drug-likeness (QED) is 0.606. The summed E-state index contributed by atoms with van der Waals surface area (Å²) in [6, 6.07) is 4.24. The second-order valence-electron chi connectivity index (χ2n) is 9.11. The fourth-order valence-electron chi connectivity index (χ4n) is 5.47. The van der Waals surface area contributed by atoms with E-state index in [2.05, 4.69) is 10.3 Å². The van der Waals surface area contributed by atoms with Crippen LogP contribution in [-0.2, 0) is 14.3 Å². The number of nitrogens with one attached hydrogen (secondary N) is 1. The second-order valence-corrected chi connectivity index (χ2v) is 10.8. The average molecular weight is 506 g/mol. The standard InChI is InChI=1S/C24H25ClFN3O4S/c25-16-12-29(21-17(30)13-33-22(16)21)24(6-2-1-3-7-24)20(31)11-28-23(32)19-5-4-18(34-19)14-8-15(26)10-27-9-14/h4-5,8-10,16,21-22H,1-3,6-7,11-13H2,(H,28,32)/t16-,21+,22+/m0/s1. The monoisotopic (exact) mass is 505 g/mol. The number of alkyl halides is 1. The zero-order valence-electron chi connectivity index (χ0n) is 18.5. The molecule has 10 heteroatoms. The summed E-state index contributed by atoms with van der Waals surface area (Å²) in [5.74, 6) is -0.951. The lowest BCUT2D eigenvalue weighted by molar-refractivity contribution is -0.136. The number of nitrogens with zero attached hydrogens (tertiary/aromatic N) is 2. The van der Waals surface area contributed by atoms with Gasteiger partial charge in [0.2, 0.25) is 0 Å². The summed E-state index contributed by atoms with van der Waals surface area (Å²) >= 11 is 7.71. The molecule has 2 aromatic heterocycles. The molecule has 7 nitrogen and oxygen atoms in total. The lowest BCUT2D eigenvalue weighted by Gasteiger charge is -2.45. The molecule has 1 saturated carbocycles. The molecule has 34 heavy (non-hydrogen) atoms. The number of ether oxygens (including phenoxy) is 1. The predicted octanol–water partition coefficient (Wildman–Crippen LogP) is 3.21. The summed E-state index contributed by atoms with van der Waals surface area (Å²) in [7, 11) is 0. The third-order valence-corrected chi connectivity index (χ3v) is 8.62. The Morgan fingerprint density at radius 2 is 2.06 bits per heavy atom. The summed E-state index contributed by atoms with van der Waals surface area (Å²) in [5, 5.41) is 2.41. The maximum atomic E-state index is 13.6. The number of amides is 1. The number of aromatic nitrogens is 1. The fourth-order valence-corrected chi connectivity index (χ4v) is 6.74.